The van der Waals surface area contributed by atoms with E-state index >= 15 is 0 Å². The first kappa shape index (κ1) is 14.3. The third kappa shape index (κ3) is 2.74. The Morgan fingerprint density at radius 3 is 2.41 bits per heavy atom. The second kappa shape index (κ2) is 5.73. The van der Waals surface area contributed by atoms with Crippen molar-refractivity contribution in [2.45, 2.75) is 27.7 Å². The number of benzene rings is 1. The van der Waals surface area contributed by atoms with Gasteiger partial charge in [0, 0.05) is 0 Å². The van der Waals surface area contributed by atoms with Crippen LogP contribution in [0.25, 0.3) is 0 Å². The Labute approximate surface area is 115 Å². The van der Waals surface area contributed by atoms with Crippen LogP contribution in [0.15, 0.2) is 11.1 Å². The molecule has 0 N–H and O–H groups in total. The Balaban J connectivity index is 3.56. The molecule has 0 amide bonds. The summed E-state index contributed by atoms with van der Waals surface area (Å²) in [6.07, 6.45) is 0. The van der Waals surface area contributed by atoms with Crippen LogP contribution in [0.1, 0.15) is 30.5 Å². The van der Waals surface area contributed by atoms with E-state index < -0.39 is 0 Å². The van der Waals surface area contributed by atoms with E-state index in [1.54, 1.807) is 7.11 Å². The molecule has 2 nitrogen and oxygen atoms in total. The maximum atomic E-state index is 5.50. The van der Waals surface area contributed by atoms with Crippen molar-refractivity contribution in [3.63, 3.8) is 0 Å². The first-order valence-corrected chi connectivity index (χ1v) is 7.04. The zero-order valence-electron chi connectivity index (χ0n) is 11.0. The molecule has 0 saturated heterocycles. The Morgan fingerprint density at radius 1 is 1.41 bits per heavy atom. The molecule has 0 aliphatic heterocycles. The normalized spacial score (nSPS) is 10.5. The number of hydrogen-bond donors (Lipinski definition) is 0. The molecule has 0 saturated carbocycles. The molecule has 0 aliphatic carbocycles. The molecule has 0 aromatic heterocycles. The molecule has 0 bridgehead atoms. The van der Waals surface area contributed by atoms with Crippen LogP contribution >= 0.6 is 0 Å². The molecule has 0 heterocycles. The van der Waals surface area contributed by atoms with E-state index in [4.69, 9.17) is 11.5 Å². The third-order valence-corrected chi connectivity index (χ3v) is 5.22. The zero-order chi connectivity index (χ0) is 13.2. The predicted octanol–water partition coefficient (Wildman–Crippen LogP) is 3.24. The molecule has 1 aromatic rings. The number of aliphatic imine (C=N–C) groups is 1. The van der Waals surface area contributed by atoms with Gasteiger partial charge in [0.1, 0.15) is 0 Å². The molecule has 0 unspecified atom stereocenters. The van der Waals surface area contributed by atoms with Crippen LogP contribution in [0.2, 0.25) is 0 Å². The van der Waals surface area contributed by atoms with Crippen molar-refractivity contribution < 1.29 is 24.1 Å². The van der Waals surface area contributed by atoms with Crippen LogP contribution in [-0.2, 0) is 19.4 Å². The van der Waals surface area contributed by atoms with Crippen molar-refractivity contribution in [3.8, 4) is 5.75 Å². The quantitative estimate of drug-likeness (QED) is 0.562. The third-order valence-electron chi connectivity index (χ3n) is 2.80. The van der Waals surface area contributed by atoms with Crippen LogP contribution in [0.5, 0.6) is 5.75 Å². The number of hydrogen-bond acceptors (Lipinski definition) is 2. The summed E-state index contributed by atoms with van der Waals surface area (Å²) in [6, 6.07) is 1.99. The second-order valence-electron chi connectivity index (χ2n) is 4.39. The summed E-state index contributed by atoms with van der Waals surface area (Å²) in [5, 5.41) is 0. The van der Waals surface area contributed by atoms with Crippen molar-refractivity contribution in [1.82, 2.24) is 0 Å². The fraction of sp³-hybridized carbons (Fsp3) is 0.429. The summed E-state index contributed by atoms with van der Waals surface area (Å²) >= 11 is 1.45. The van der Waals surface area contributed by atoms with Crippen molar-refractivity contribution in [3.05, 3.63) is 22.8 Å². The van der Waals surface area contributed by atoms with Crippen LogP contribution in [0.3, 0.4) is 0 Å². The number of ether oxygens (including phenoxy) is 1. The molecule has 0 aliphatic rings. The molecule has 0 atom stereocenters. The van der Waals surface area contributed by atoms with Gasteiger partial charge in [-0.1, -0.05) is 0 Å². The van der Waals surface area contributed by atoms with Crippen molar-refractivity contribution in [1.29, 1.82) is 0 Å². The van der Waals surface area contributed by atoms with Gasteiger partial charge >= 0.3 is 115 Å². The minimum absolute atomic E-state index is 0.497. The zero-order valence-corrected chi connectivity index (χ0v) is 13.9. The van der Waals surface area contributed by atoms with Gasteiger partial charge in [-0.3, -0.25) is 0 Å². The molecule has 1 aromatic carbocycles. The van der Waals surface area contributed by atoms with Gasteiger partial charge in [0.25, 0.3) is 0 Å². The summed E-state index contributed by atoms with van der Waals surface area (Å²) in [4.78, 5) is 3.91. The molecule has 17 heavy (non-hydrogen) atoms. The minimum atomic E-state index is 0.497. The van der Waals surface area contributed by atoms with Gasteiger partial charge in [-0.25, -0.2) is 0 Å². The standard InChI is InChI=1S/C14H18NO.W/c1-9(2)7-12-11(4)14(16-6)10(3)8-13(12)15-5;/h5,8-9H,1-4,6H3;/q-1;. The number of rotatable bonds is 4. The Kier molecular flexibility index (Phi) is 4.82. The number of methoxy groups -OCH3 is 1. The SMILES string of the molecule is [CH-]=Nc1cc(C)c(OC)c(C)c1[C](=[W])C(C)C. The molecule has 1 rings (SSSR count). The van der Waals surface area contributed by atoms with Crippen LogP contribution in [0.4, 0.5) is 5.69 Å². The summed E-state index contributed by atoms with van der Waals surface area (Å²) in [7, 11) is 1.70. The summed E-state index contributed by atoms with van der Waals surface area (Å²) in [5.41, 5.74) is 4.22. The van der Waals surface area contributed by atoms with Crippen LogP contribution < -0.4 is 4.74 Å². The Morgan fingerprint density at radius 2 is 2.00 bits per heavy atom. The summed E-state index contributed by atoms with van der Waals surface area (Å²) < 4.78 is 6.83. The Hall–Kier alpha value is -0.752. The number of nitrogens with zero attached hydrogens (tertiary/aromatic N) is 1. The molecule has 3 heteroatoms. The molecule has 92 valence electrons. The molecule has 0 radical (unpaired) electrons. The Bertz CT molecular complexity index is 464. The average molecular weight is 400 g/mol. The van der Waals surface area contributed by atoms with Crippen LogP contribution in [0, 0.1) is 19.8 Å². The van der Waals surface area contributed by atoms with Gasteiger partial charge in [0.05, 0.1) is 0 Å². The van der Waals surface area contributed by atoms with E-state index in [-0.39, 0.29) is 0 Å². The monoisotopic (exact) mass is 400 g/mol. The summed E-state index contributed by atoms with van der Waals surface area (Å²) in [5.74, 6) is 1.43. The van der Waals surface area contributed by atoms with Gasteiger partial charge in [-0.05, 0) is 0 Å². The van der Waals surface area contributed by atoms with E-state index in [2.05, 4.69) is 25.8 Å². The molecular weight excluding hydrogens is 382 g/mol. The van der Waals surface area contributed by atoms with E-state index in [9.17, 15) is 0 Å². The summed E-state index contributed by atoms with van der Waals surface area (Å²) in [6.45, 7) is 14.0. The van der Waals surface area contributed by atoms with Gasteiger partial charge in [-0.2, -0.15) is 0 Å². The number of aryl methyl sites for hydroxylation is 1. The van der Waals surface area contributed by atoms with Crippen molar-refractivity contribution in [2.24, 2.45) is 10.9 Å². The first-order chi connectivity index (χ1) is 7.93. The van der Waals surface area contributed by atoms with E-state index in [0.717, 1.165) is 28.1 Å². The van der Waals surface area contributed by atoms with E-state index in [1.807, 2.05) is 13.0 Å². The van der Waals surface area contributed by atoms with E-state index in [1.165, 1.54) is 23.3 Å². The van der Waals surface area contributed by atoms with E-state index in [0.29, 0.717) is 5.92 Å². The fourth-order valence-electron chi connectivity index (χ4n) is 1.96. The van der Waals surface area contributed by atoms with Crippen molar-refractivity contribution in [2.75, 3.05) is 7.11 Å². The predicted molar refractivity (Wildman–Crippen MR) is 69.6 cm³/mol. The second-order valence-corrected chi connectivity index (χ2v) is 5.97. The first-order valence-electron chi connectivity index (χ1n) is 5.57. The van der Waals surface area contributed by atoms with Gasteiger partial charge in [-0.15, -0.1) is 0 Å². The molecular formula is C14H18NOW-. The van der Waals surface area contributed by atoms with Gasteiger partial charge in [0.15, 0.2) is 0 Å². The molecule has 0 spiro atoms. The topological polar surface area (TPSA) is 21.6 Å². The maximum absolute atomic E-state index is 5.50. The van der Waals surface area contributed by atoms with Crippen molar-refractivity contribution >= 4 is 16.3 Å². The molecule has 0 fully saturated rings. The van der Waals surface area contributed by atoms with Gasteiger partial charge < -0.3 is 0 Å². The van der Waals surface area contributed by atoms with Crippen LogP contribution in [-0.4, -0.2) is 17.7 Å². The fourth-order valence-corrected chi connectivity index (χ4v) is 2.89. The average Bonchev–Trinajstić information content (AvgIpc) is 2.27. The van der Waals surface area contributed by atoms with Gasteiger partial charge in [0.2, 0.25) is 0 Å².